The largest absolute Gasteiger partial charge is 0.491 e. The van der Waals surface area contributed by atoms with Crippen molar-refractivity contribution in [2.75, 3.05) is 20.3 Å². The molecule has 0 radical (unpaired) electrons. The van der Waals surface area contributed by atoms with E-state index in [0.29, 0.717) is 19.1 Å². The van der Waals surface area contributed by atoms with Gasteiger partial charge in [0.25, 0.3) is 0 Å². The molecule has 0 aliphatic heterocycles. The van der Waals surface area contributed by atoms with Crippen LogP contribution in [0.5, 0.6) is 5.75 Å². The lowest BCUT2D eigenvalue weighted by Gasteiger charge is -2.49. The summed E-state index contributed by atoms with van der Waals surface area (Å²) in [6, 6.07) is 8.18. The number of aliphatic hydroxyl groups is 1. The van der Waals surface area contributed by atoms with Gasteiger partial charge >= 0.3 is 0 Å². The van der Waals surface area contributed by atoms with Crippen LogP contribution in [0.4, 0.5) is 0 Å². The predicted molar refractivity (Wildman–Crippen MR) is 71.0 cm³/mol. The molecular weight excluding hydrogens is 228 g/mol. The normalized spacial score (nSPS) is 25.6. The third-order valence-corrected chi connectivity index (χ3v) is 4.05. The second kappa shape index (κ2) is 5.29. The van der Waals surface area contributed by atoms with Crippen molar-refractivity contribution in [2.24, 2.45) is 5.41 Å². The molecule has 2 unspecified atom stereocenters. The van der Waals surface area contributed by atoms with Gasteiger partial charge in [-0.15, -0.1) is 0 Å². The van der Waals surface area contributed by atoms with Crippen molar-refractivity contribution in [1.29, 1.82) is 0 Å². The molecule has 0 heterocycles. The van der Waals surface area contributed by atoms with Crippen LogP contribution < -0.4 is 4.74 Å². The molecular formula is C15H22O3. The van der Waals surface area contributed by atoms with Crippen LogP contribution in [0, 0.1) is 5.41 Å². The van der Waals surface area contributed by atoms with E-state index in [1.165, 1.54) is 5.56 Å². The molecule has 1 aromatic rings. The Morgan fingerprint density at radius 2 is 1.89 bits per heavy atom. The fraction of sp³-hybridized carbons (Fsp3) is 0.600. The van der Waals surface area contributed by atoms with Crippen LogP contribution in [0.25, 0.3) is 0 Å². The first kappa shape index (κ1) is 13.4. The molecule has 3 heteroatoms. The topological polar surface area (TPSA) is 38.7 Å². The first-order valence-electron chi connectivity index (χ1n) is 6.45. The lowest BCUT2D eigenvalue weighted by atomic mass is 9.58. The van der Waals surface area contributed by atoms with E-state index < -0.39 is 0 Å². The van der Waals surface area contributed by atoms with Gasteiger partial charge in [-0.1, -0.05) is 26.0 Å². The maximum Gasteiger partial charge on any atom is 0.119 e. The zero-order chi connectivity index (χ0) is 13.2. The molecule has 1 fully saturated rings. The van der Waals surface area contributed by atoms with E-state index in [9.17, 15) is 5.11 Å². The average molecular weight is 250 g/mol. The SMILES string of the molecule is COCCOc1ccc(C2CC(O)C2(C)C)cc1. The second-order valence-electron chi connectivity index (χ2n) is 5.54. The Bertz CT molecular complexity index is 383. The highest BCUT2D eigenvalue weighted by Crippen LogP contribution is 2.52. The van der Waals surface area contributed by atoms with E-state index >= 15 is 0 Å². The zero-order valence-corrected chi connectivity index (χ0v) is 11.3. The molecule has 18 heavy (non-hydrogen) atoms. The summed E-state index contributed by atoms with van der Waals surface area (Å²) in [7, 11) is 1.66. The van der Waals surface area contributed by atoms with Gasteiger partial charge in [-0.3, -0.25) is 0 Å². The minimum absolute atomic E-state index is 0.0155. The third-order valence-electron chi connectivity index (χ3n) is 4.05. The Hall–Kier alpha value is -1.06. The number of ether oxygens (including phenoxy) is 2. The third kappa shape index (κ3) is 2.52. The summed E-state index contributed by atoms with van der Waals surface area (Å²) in [4.78, 5) is 0. The molecule has 0 saturated heterocycles. The molecule has 1 N–H and O–H groups in total. The number of hydrogen-bond acceptors (Lipinski definition) is 3. The van der Waals surface area contributed by atoms with Crippen molar-refractivity contribution in [2.45, 2.75) is 32.3 Å². The number of benzene rings is 1. The van der Waals surface area contributed by atoms with Crippen LogP contribution in [-0.2, 0) is 4.74 Å². The van der Waals surface area contributed by atoms with E-state index in [4.69, 9.17) is 9.47 Å². The Kier molecular flexibility index (Phi) is 3.93. The van der Waals surface area contributed by atoms with E-state index in [-0.39, 0.29) is 11.5 Å². The zero-order valence-electron chi connectivity index (χ0n) is 11.3. The van der Waals surface area contributed by atoms with Gasteiger partial charge in [0.05, 0.1) is 12.7 Å². The van der Waals surface area contributed by atoms with Crippen molar-refractivity contribution in [3.63, 3.8) is 0 Å². The molecule has 1 aliphatic rings. The van der Waals surface area contributed by atoms with Crippen LogP contribution in [0.1, 0.15) is 31.7 Å². The molecule has 0 spiro atoms. The second-order valence-corrected chi connectivity index (χ2v) is 5.54. The van der Waals surface area contributed by atoms with E-state index in [2.05, 4.69) is 26.0 Å². The Morgan fingerprint density at radius 3 is 2.39 bits per heavy atom. The van der Waals surface area contributed by atoms with E-state index in [1.807, 2.05) is 12.1 Å². The molecule has 3 nitrogen and oxygen atoms in total. The number of hydrogen-bond donors (Lipinski definition) is 1. The summed E-state index contributed by atoms with van der Waals surface area (Å²) in [5, 5.41) is 9.77. The average Bonchev–Trinajstić information content (AvgIpc) is 2.37. The number of rotatable bonds is 5. The Morgan fingerprint density at radius 1 is 1.22 bits per heavy atom. The first-order chi connectivity index (χ1) is 8.55. The van der Waals surface area contributed by atoms with Gasteiger partial charge < -0.3 is 14.6 Å². The van der Waals surface area contributed by atoms with E-state index in [1.54, 1.807) is 7.11 Å². The van der Waals surface area contributed by atoms with Crippen LogP contribution >= 0.6 is 0 Å². The van der Waals surface area contributed by atoms with Gasteiger partial charge in [0.2, 0.25) is 0 Å². The van der Waals surface area contributed by atoms with Crippen LogP contribution in [0.2, 0.25) is 0 Å². The van der Waals surface area contributed by atoms with Gasteiger partial charge in [0, 0.05) is 7.11 Å². The van der Waals surface area contributed by atoms with Gasteiger partial charge in [-0.2, -0.15) is 0 Å². The van der Waals surface area contributed by atoms with Crippen LogP contribution in [-0.4, -0.2) is 31.5 Å². The predicted octanol–water partition coefficient (Wildman–Crippen LogP) is 2.59. The lowest BCUT2D eigenvalue weighted by molar-refractivity contribution is -0.0625. The fourth-order valence-electron chi connectivity index (χ4n) is 2.51. The quantitative estimate of drug-likeness (QED) is 0.816. The molecule has 1 aliphatic carbocycles. The Labute approximate surface area is 109 Å². The van der Waals surface area contributed by atoms with Crippen molar-refractivity contribution in [3.05, 3.63) is 29.8 Å². The molecule has 100 valence electrons. The lowest BCUT2D eigenvalue weighted by Crippen LogP contribution is -2.47. The summed E-state index contributed by atoms with van der Waals surface area (Å²) >= 11 is 0. The van der Waals surface area contributed by atoms with Crippen LogP contribution in [0.15, 0.2) is 24.3 Å². The minimum atomic E-state index is -0.180. The van der Waals surface area contributed by atoms with Crippen molar-refractivity contribution in [1.82, 2.24) is 0 Å². The van der Waals surface area contributed by atoms with Crippen molar-refractivity contribution < 1.29 is 14.6 Å². The maximum atomic E-state index is 9.77. The van der Waals surface area contributed by atoms with Gasteiger partial charge in [0.15, 0.2) is 0 Å². The van der Waals surface area contributed by atoms with Crippen molar-refractivity contribution >= 4 is 0 Å². The summed E-state index contributed by atoms with van der Waals surface area (Å²) in [6.45, 7) is 5.41. The Balaban J connectivity index is 1.96. The fourth-order valence-corrected chi connectivity index (χ4v) is 2.51. The summed E-state index contributed by atoms with van der Waals surface area (Å²) in [6.07, 6.45) is 0.678. The van der Waals surface area contributed by atoms with Crippen LogP contribution in [0.3, 0.4) is 0 Å². The van der Waals surface area contributed by atoms with Gasteiger partial charge in [-0.05, 0) is 35.4 Å². The molecule has 2 rings (SSSR count). The van der Waals surface area contributed by atoms with Crippen molar-refractivity contribution in [3.8, 4) is 5.75 Å². The molecule has 2 atom stereocenters. The summed E-state index contributed by atoms with van der Waals surface area (Å²) < 4.78 is 10.5. The molecule has 0 aromatic heterocycles. The maximum absolute atomic E-state index is 9.77. The summed E-state index contributed by atoms with van der Waals surface area (Å²) in [5.41, 5.74) is 1.27. The molecule has 1 saturated carbocycles. The minimum Gasteiger partial charge on any atom is -0.491 e. The molecule has 1 aromatic carbocycles. The van der Waals surface area contributed by atoms with Gasteiger partial charge in [0.1, 0.15) is 12.4 Å². The molecule has 0 bridgehead atoms. The number of methoxy groups -OCH3 is 1. The van der Waals surface area contributed by atoms with Gasteiger partial charge in [-0.25, -0.2) is 0 Å². The smallest absolute Gasteiger partial charge is 0.119 e. The number of aliphatic hydroxyl groups excluding tert-OH is 1. The highest BCUT2D eigenvalue weighted by Gasteiger charge is 2.47. The van der Waals surface area contributed by atoms with E-state index in [0.717, 1.165) is 12.2 Å². The standard InChI is InChI=1S/C15H22O3/c1-15(2)13(10-14(15)16)11-4-6-12(7-5-11)18-9-8-17-3/h4-7,13-14,16H,8-10H2,1-3H3. The first-order valence-corrected chi connectivity index (χ1v) is 6.45. The molecule has 0 amide bonds. The summed E-state index contributed by atoms with van der Waals surface area (Å²) in [5.74, 6) is 1.31. The highest BCUT2D eigenvalue weighted by atomic mass is 16.5. The monoisotopic (exact) mass is 250 g/mol. The highest BCUT2D eigenvalue weighted by molar-refractivity contribution is 5.32.